The van der Waals surface area contributed by atoms with Crippen LogP contribution < -0.4 is 0 Å². The average molecular weight is 321 g/mol. The van der Waals surface area contributed by atoms with Gasteiger partial charge in [-0.25, -0.2) is 0 Å². The van der Waals surface area contributed by atoms with Crippen molar-refractivity contribution in [2.24, 2.45) is 11.8 Å². The Morgan fingerprint density at radius 1 is 1.36 bits per heavy atom. The molecule has 0 bridgehead atoms. The minimum Gasteiger partial charge on any atom is -0.481 e. The van der Waals surface area contributed by atoms with Gasteiger partial charge in [0.2, 0.25) is 5.91 Å². The number of benzene rings is 1. The minimum absolute atomic E-state index is 0.0153. The summed E-state index contributed by atoms with van der Waals surface area (Å²) in [4.78, 5) is 25.5. The highest BCUT2D eigenvalue weighted by Crippen LogP contribution is 2.26. The summed E-state index contributed by atoms with van der Waals surface area (Å²) < 4.78 is 0. The van der Waals surface area contributed by atoms with Gasteiger partial charge in [0, 0.05) is 18.8 Å². The molecule has 1 aliphatic heterocycles. The van der Waals surface area contributed by atoms with Crippen LogP contribution in [0.2, 0.25) is 0 Å². The van der Waals surface area contributed by atoms with E-state index in [0.29, 0.717) is 19.5 Å². The third-order valence-electron chi connectivity index (χ3n) is 4.22. The summed E-state index contributed by atoms with van der Waals surface area (Å²) in [6.07, 6.45) is 0.554. The first kappa shape index (κ1) is 16.9. The average Bonchev–Trinajstić information content (AvgIpc) is 2.52. The van der Waals surface area contributed by atoms with Gasteiger partial charge in [-0.15, -0.1) is 11.8 Å². The minimum atomic E-state index is -0.744. The first-order valence-electron chi connectivity index (χ1n) is 7.66. The largest absolute Gasteiger partial charge is 0.481 e. The van der Waals surface area contributed by atoms with Crippen LogP contribution >= 0.6 is 11.8 Å². The molecule has 3 atom stereocenters. The zero-order chi connectivity index (χ0) is 16.1. The van der Waals surface area contributed by atoms with Crippen molar-refractivity contribution in [2.45, 2.75) is 31.3 Å². The maximum absolute atomic E-state index is 12.5. The number of rotatable bonds is 5. The van der Waals surface area contributed by atoms with Gasteiger partial charge in [0.05, 0.1) is 11.2 Å². The number of likely N-dealkylation sites (tertiary alicyclic amines) is 1. The van der Waals surface area contributed by atoms with E-state index in [1.54, 1.807) is 11.8 Å². The first-order chi connectivity index (χ1) is 10.5. The molecule has 4 nitrogen and oxygen atoms in total. The van der Waals surface area contributed by atoms with Crippen molar-refractivity contribution in [1.82, 2.24) is 4.90 Å². The van der Waals surface area contributed by atoms with Gasteiger partial charge in [-0.3, -0.25) is 9.59 Å². The third kappa shape index (κ3) is 4.26. The van der Waals surface area contributed by atoms with Crippen LogP contribution in [-0.4, -0.2) is 40.2 Å². The number of carboxylic acids is 1. The number of aliphatic carboxylic acids is 1. The number of amides is 1. The highest BCUT2D eigenvalue weighted by molar-refractivity contribution is 7.99. The number of hydrogen-bond acceptors (Lipinski definition) is 3. The molecule has 1 saturated heterocycles. The van der Waals surface area contributed by atoms with E-state index in [9.17, 15) is 9.59 Å². The van der Waals surface area contributed by atoms with Gasteiger partial charge in [0.15, 0.2) is 0 Å². The van der Waals surface area contributed by atoms with Crippen molar-refractivity contribution in [2.75, 3.05) is 13.1 Å². The normalized spacial score (nSPS) is 23.1. The Hall–Kier alpha value is -1.49. The molecular formula is C17H23NO3S. The second-order valence-electron chi connectivity index (χ2n) is 5.93. The lowest BCUT2D eigenvalue weighted by Crippen LogP contribution is -2.47. The second-order valence-corrected chi connectivity index (χ2v) is 7.26. The van der Waals surface area contributed by atoms with Gasteiger partial charge >= 0.3 is 5.97 Å². The van der Waals surface area contributed by atoms with Crippen molar-refractivity contribution >= 4 is 23.6 Å². The molecule has 22 heavy (non-hydrogen) atoms. The standard InChI is InChI=1S/C17H23NO3S/c1-12-10-18(9-8-15(12)17(20)21)16(19)13(2)22-11-14-6-4-3-5-7-14/h3-7,12-13,15H,8-11H2,1-2H3,(H,20,21). The Labute approximate surface area is 135 Å². The molecule has 1 heterocycles. The molecule has 0 saturated carbocycles. The summed E-state index contributed by atoms with van der Waals surface area (Å²) in [5.41, 5.74) is 1.21. The molecule has 1 aromatic rings. The number of carbonyl (C=O) groups is 2. The van der Waals surface area contributed by atoms with E-state index in [4.69, 9.17) is 5.11 Å². The Morgan fingerprint density at radius 2 is 2.05 bits per heavy atom. The monoisotopic (exact) mass is 321 g/mol. The SMILES string of the molecule is CC(SCc1ccccc1)C(=O)N1CCC(C(=O)O)C(C)C1. The van der Waals surface area contributed by atoms with E-state index in [0.717, 1.165) is 5.75 Å². The Kier molecular flexibility index (Phi) is 5.89. The molecule has 3 unspecified atom stereocenters. The lowest BCUT2D eigenvalue weighted by Gasteiger charge is -2.36. The van der Waals surface area contributed by atoms with Crippen LogP contribution in [0.15, 0.2) is 30.3 Å². The molecule has 0 radical (unpaired) electrons. The van der Waals surface area contributed by atoms with Crippen LogP contribution in [0, 0.1) is 11.8 Å². The number of piperidine rings is 1. The lowest BCUT2D eigenvalue weighted by atomic mass is 9.87. The molecule has 1 aliphatic rings. The third-order valence-corrected chi connectivity index (χ3v) is 5.43. The Balaban J connectivity index is 1.85. The van der Waals surface area contributed by atoms with Crippen molar-refractivity contribution < 1.29 is 14.7 Å². The number of thioether (sulfide) groups is 1. The summed E-state index contributed by atoms with van der Waals surface area (Å²) in [5.74, 6) is -0.116. The molecule has 1 amide bonds. The fourth-order valence-corrected chi connectivity index (χ4v) is 3.76. The molecule has 120 valence electrons. The molecule has 0 aliphatic carbocycles. The van der Waals surface area contributed by atoms with Crippen molar-refractivity contribution in [1.29, 1.82) is 0 Å². The fourth-order valence-electron chi connectivity index (χ4n) is 2.84. The molecule has 1 N–H and O–H groups in total. The predicted octanol–water partition coefficient (Wildman–Crippen LogP) is 2.88. The highest BCUT2D eigenvalue weighted by Gasteiger charge is 2.34. The Bertz CT molecular complexity index is 520. The second kappa shape index (κ2) is 7.68. The summed E-state index contributed by atoms with van der Waals surface area (Å²) in [7, 11) is 0. The van der Waals surface area contributed by atoms with Crippen LogP contribution in [0.25, 0.3) is 0 Å². The molecule has 5 heteroatoms. The van der Waals surface area contributed by atoms with E-state index in [1.807, 2.05) is 36.9 Å². The van der Waals surface area contributed by atoms with Gasteiger partial charge in [-0.2, -0.15) is 0 Å². The van der Waals surface area contributed by atoms with Crippen LogP contribution in [-0.2, 0) is 15.3 Å². The van der Waals surface area contributed by atoms with E-state index in [-0.39, 0.29) is 23.0 Å². The number of carbonyl (C=O) groups excluding carboxylic acids is 1. The van der Waals surface area contributed by atoms with Crippen molar-refractivity contribution in [3.8, 4) is 0 Å². The predicted molar refractivity (Wildman–Crippen MR) is 88.7 cm³/mol. The molecule has 1 fully saturated rings. The molecule has 0 aromatic heterocycles. The van der Waals surface area contributed by atoms with Gasteiger partial charge in [0.25, 0.3) is 0 Å². The maximum Gasteiger partial charge on any atom is 0.306 e. The van der Waals surface area contributed by atoms with Crippen LogP contribution in [0.1, 0.15) is 25.8 Å². The van der Waals surface area contributed by atoms with Crippen molar-refractivity contribution in [3.05, 3.63) is 35.9 Å². The number of carboxylic acid groups (broad SMARTS) is 1. The highest BCUT2D eigenvalue weighted by atomic mass is 32.2. The van der Waals surface area contributed by atoms with E-state index in [1.165, 1.54) is 5.56 Å². The summed E-state index contributed by atoms with van der Waals surface area (Å²) >= 11 is 1.63. The van der Waals surface area contributed by atoms with E-state index < -0.39 is 5.97 Å². The van der Waals surface area contributed by atoms with Crippen molar-refractivity contribution in [3.63, 3.8) is 0 Å². The quantitative estimate of drug-likeness (QED) is 0.906. The Morgan fingerprint density at radius 3 is 2.64 bits per heavy atom. The van der Waals surface area contributed by atoms with Crippen LogP contribution in [0.3, 0.4) is 0 Å². The van der Waals surface area contributed by atoms with Crippen LogP contribution in [0.5, 0.6) is 0 Å². The fraction of sp³-hybridized carbons (Fsp3) is 0.529. The van der Waals surface area contributed by atoms with Gasteiger partial charge in [0.1, 0.15) is 0 Å². The molecular weight excluding hydrogens is 298 g/mol. The van der Waals surface area contributed by atoms with E-state index in [2.05, 4.69) is 12.1 Å². The zero-order valence-corrected chi connectivity index (χ0v) is 13.9. The first-order valence-corrected chi connectivity index (χ1v) is 8.71. The summed E-state index contributed by atoms with van der Waals surface area (Å²) in [6, 6.07) is 10.1. The topological polar surface area (TPSA) is 57.6 Å². The molecule has 1 aromatic carbocycles. The van der Waals surface area contributed by atoms with E-state index >= 15 is 0 Å². The number of hydrogen-bond donors (Lipinski definition) is 1. The summed E-state index contributed by atoms with van der Waals surface area (Å²) in [5, 5.41) is 9.04. The smallest absolute Gasteiger partial charge is 0.306 e. The number of nitrogens with zero attached hydrogens (tertiary/aromatic N) is 1. The lowest BCUT2D eigenvalue weighted by molar-refractivity contribution is -0.148. The van der Waals surface area contributed by atoms with Gasteiger partial charge in [-0.1, -0.05) is 37.3 Å². The zero-order valence-electron chi connectivity index (χ0n) is 13.1. The maximum atomic E-state index is 12.5. The molecule has 0 spiro atoms. The van der Waals surface area contributed by atoms with Gasteiger partial charge in [-0.05, 0) is 24.8 Å². The summed E-state index contributed by atoms with van der Waals surface area (Å²) in [6.45, 7) is 4.95. The van der Waals surface area contributed by atoms with Gasteiger partial charge < -0.3 is 10.0 Å². The van der Waals surface area contributed by atoms with Crippen LogP contribution in [0.4, 0.5) is 0 Å². The molecule has 2 rings (SSSR count).